The highest BCUT2D eigenvalue weighted by Crippen LogP contribution is 2.23. The molecule has 1 amide bonds. The Bertz CT molecular complexity index is 510. The monoisotopic (exact) mass is 372 g/mol. The molecular formula is C15H21BrN2O4. The number of hydrogen-bond donors (Lipinski definition) is 2. The summed E-state index contributed by atoms with van der Waals surface area (Å²) in [4.78, 5) is 23.8. The minimum Gasteiger partial charge on any atom is -0.491 e. The number of para-hydroxylation sites is 1. The number of aliphatic carboxylic acids is 1. The summed E-state index contributed by atoms with van der Waals surface area (Å²) in [5.41, 5.74) is 0. The van der Waals surface area contributed by atoms with E-state index in [1.165, 1.54) is 6.92 Å². The summed E-state index contributed by atoms with van der Waals surface area (Å²) < 4.78 is 6.51. The third-order valence-electron chi connectivity index (χ3n) is 3.15. The van der Waals surface area contributed by atoms with E-state index in [1.807, 2.05) is 24.3 Å². The second-order valence-electron chi connectivity index (χ2n) is 4.81. The van der Waals surface area contributed by atoms with Crippen molar-refractivity contribution >= 4 is 27.8 Å². The maximum atomic E-state index is 11.1. The quantitative estimate of drug-likeness (QED) is 0.690. The Balaban J connectivity index is 2.51. The van der Waals surface area contributed by atoms with E-state index in [0.717, 1.165) is 4.47 Å². The minimum absolute atomic E-state index is 0.132. The summed E-state index contributed by atoms with van der Waals surface area (Å²) in [7, 11) is 0. The highest BCUT2D eigenvalue weighted by atomic mass is 79.9. The molecule has 22 heavy (non-hydrogen) atoms. The van der Waals surface area contributed by atoms with Gasteiger partial charge in [-0.25, -0.2) is 0 Å². The molecule has 1 aromatic rings. The Morgan fingerprint density at radius 3 is 2.64 bits per heavy atom. The summed E-state index contributed by atoms with van der Waals surface area (Å²) in [6.07, 6.45) is 0. The third-order valence-corrected chi connectivity index (χ3v) is 3.81. The van der Waals surface area contributed by atoms with Crippen LogP contribution in [0, 0.1) is 0 Å². The topological polar surface area (TPSA) is 78.9 Å². The van der Waals surface area contributed by atoms with Gasteiger partial charge in [-0.2, -0.15) is 0 Å². The molecule has 1 aromatic carbocycles. The zero-order valence-electron chi connectivity index (χ0n) is 12.7. The van der Waals surface area contributed by atoms with Crippen LogP contribution >= 0.6 is 15.9 Å². The van der Waals surface area contributed by atoms with Gasteiger partial charge in [0.05, 0.1) is 4.47 Å². The van der Waals surface area contributed by atoms with Crippen molar-refractivity contribution in [2.24, 2.45) is 0 Å². The number of nitrogens with one attached hydrogen (secondary N) is 1. The van der Waals surface area contributed by atoms with Crippen LogP contribution in [0.2, 0.25) is 0 Å². The number of hydrogen-bond acceptors (Lipinski definition) is 4. The Morgan fingerprint density at radius 1 is 1.36 bits per heavy atom. The molecular weight excluding hydrogens is 352 g/mol. The van der Waals surface area contributed by atoms with E-state index in [2.05, 4.69) is 21.2 Å². The Morgan fingerprint density at radius 2 is 2.05 bits per heavy atom. The molecule has 0 aliphatic rings. The first-order chi connectivity index (χ1) is 10.4. The van der Waals surface area contributed by atoms with E-state index in [-0.39, 0.29) is 5.91 Å². The van der Waals surface area contributed by atoms with Gasteiger partial charge in [0.15, 0.2) is 0 Å². The first-order valence-corrected chi connectivity index (χ1v) is 7.79. The van der Waals surface area contributed by atoms with Crippen molar-refractivity contribution in [3.05, 3.63) is 28.7 Å². The number of ether oxygens (including phenoxy) is 1. The largest absolute Gasteiger partial charge is 0.491 e. The van der Waals surface area contributed by atoms with Crippen LogP contribution in [-0.4, -0.2) is 54.2 Å². The number of halogens is 1. The van der Waals surface area contributed by atoms with Crippen molar-refractivity contribution in [1.82, 2.24) is 10.2 Å². The number of benzene rings is 1. The number of carboxylic acids is 1. The predicted molar refractivity (Wildman–Crippen MR) is 87.0 cm³/mol. The second kappa shape index (κ2) is 9.42. The standard InChI is InChI=1S/C15H21BrN2O4/c1-11(15(20)21)18(8-7-17-12(2)19)9-10-22-14-6-4-3-5-13(14)16/h3-6,11H,7-10H2,1-2H3,(H,17,19)(H,20,21). The number of carbonyl (C=O) groups excluding carboxylic acids is 1. The molecule has 2 N–H and O–H groups in total. The van der Waals surface area contributed by atoms with Crippen LogP contribution in [0.15, 0.2) is 28.7 Å². The molecule has 1 rings (SSSR count). The normalized spacial score (nSPS) is 12.0. The van der Waals surface area contributed by atoms with Crippen LogP contribution in [0.5, 0.6) is 5.75 Å². The molecule has 122 valence electrons. The maximum Gasteiger partial charge on any atom is 0.320 e. The van der Waals surface area contributed by atoms with Crippen LogP contribution in [0.1, 0.15) is 13.8 Å². The van der Waals surface area contributed by atoms with E-state index in [1.54, 1.807) is 11.8 Å². The van der Waals surface area contributed by atoms with Crippen molar-refractivity contribution < 1.29 is 19.4 Å². The highest BCUT2D eigenvalue weighted by Gasteiger charge is 2.20. The molecule has 1 unspecified atom stereocenters. The van der Waals surface area contributed by atoms with Gasteiger partial charge >= 0.3 is 5.97 Å². The van der Waals surface area contributed by atoms with Crippen molar-refractivity contribution in [2.45, 2.75) is 19.9 Å². The number of amides is 1. The molecule has 0 fully saturated rings. The van der Waals surface area contributed by atoms with Crippen LogP contribution < -0.4 is 10.1 Å². The average molecular weight is 373 g/mol. The van der Waals surface area contributed by atoms with Gasteiger partial charge in [0.2, 0.25) is 5.91 Å². The summed E-state index contributed by atoms with van der Waals surface area (Å²) >= 11 is 3.39. The molecule has 0 spiro atoms. The van der Waals surface area contributed by atoms with Crippen molar-refractivity contribution in [3.8, 4) is 5.75 Å². The summed E-state index contributed by atoms with van der Waals surface area (Å²) in [5, 5.41) is 11.8. The van der Waals surface area contributed by atoms with E-state index in [4.69, 9.17) is 9.84 Å². The van der Waals surface area contributed by atoms with E-state index < -0.39 is 12.0 Å². The number of nitrogens with zero attached hydrogens (tertiary/aromatic N) is 1. The first kappa shape index (κ1) is 18.4. The van der Waals surface area contributed by atoms with Gasteiger partial charge in [0, 0.05) is 26.6 Å². The van der Waals surface area contributed by atoms with Crippen molar-refractivity contribution in [2.75, 3.05) is 26.2 Å². The molecule has 0 aliphatic heterocycles. The zero-order chi connectivity index (χ0) is 16.5. The van der Waals surface area contributed by atoms with Crippen LogP contribution in [0.3, 0.4) is 0 Å². The molecule has 1 atom stereocenters. The molecule has 0 radical (unpaired) electrons. The average Bonchev–Trinajstić information content (AvgIpc) is 2.46. The fourth-order valence-electron chi connectivity index (χ4n) is 1.87. The maximum absolute atomic E-state index is 11.1. The molecule has 7 heteroatoms. The zero-order valence-corrected chi connectivity index (χ0v) is 14.3. The van der Waals surface area contributed by atoms with Gasteiger partial charge in [0.25, 0.3) is 0 Å². The number of carbonyl (C=O) groups is 2. The van der Waals surface area contributed by atoms with Crippen LogP contribution in [-0.2, 0) is 9.59 Å². The van der Waals surface area contributed by atoms with Gasteiger partial charge in [0.1, 0.15) is 18.4 Å². The molecule has 0 saturated heterocycles. The fourth-order valence-corrected chi connectivity index (χ4v) is 2.26. The highest BCUT2D eigenvalue weighted by molar-refractivity contribution is 9.10. The van der Waals surface area contributed by atoms with Crippen LogP contribution in [0.4, 0.5) is 0 Å². The lowest BCUT2D eigenvalue weighted by molar-refractivity contribution is -0.142. The summed E-state index contributed by atoms with van der Waals surface area (Å²) in [5.74, 6) is -0.316. The lowest BCUT2D eigenvalue weighted by Crippen LogP contribution is -2.45. The lowest BCUT2D eigenvalue weighted by atomic mass is 10.3. The molecule has 0 heterocycles. The molecule has 6 nitrogen and oxygen atoms in total. The smallest absolute Gasteiger partial charge is 0.320 e. The number of rotatable bonds is 9. The third kappa shape index (κ3) is 6.44. The van der Waals surface area contributed by atoms with E-state index in [9.17, 15) is 9.59 Å². The molecule has 0 saturated carbocycles. The van der Waals surface area contributed by atoms with E-state index >= 15 is 0 Å². The lowest BCUT2D eigenvalue weighted by Gasteiger charge is -2.26. The second-order valence-corrected chi connectivity index (χ2v) is 5.67. The number of carboxylic acid groups (broad SMARTS) is 1. The first-order valence-electron chi connectivity index (χ1n) is 7.00. The summed E-state index contributed by atoms with van der Waals surface area (Å²) in [6, 6.07) is 6.84. The van der Waals surface area contributed by atoms with Gasteiger partial charge in [-0.05, 0) is 35.0 Å². The van der Waals surface area contributed by atoms with Crippen LogP contribution in [0.25, 0.3) is 0 Å². The Labute approximate surface area is 138 Å². The molecule has 0 bridgehead atoms. The molecule has 0 aliphatic carbocycles. The Kier molecular flexibility index (Phi) is 7.90. The molecule has 0 aromatic heterocycles. The van der Waals surface area contributed by atoms with Gasteiger partial charge < -0.3 is 15.2 Å². The SMILES string of the molecule is CC(=O)NCCN(CCOc1ccccc1Br)C(C)C(=O)O. The minimum atomic E-state index is -0.899. The predicted octanol–water partition coefficient (Wildman–Crippen LogP) is 1.74. The van der Waals surface area contributed by atoms with Gasteiger partial charge in [-0.15, -0.1) is 0 Å². The fraction of sp³-hybridized carbons (Fsp3) is 0.467. The van der Waals surface area contributed by atoms with Crippen molar-refractivity contribution in [1.29, 1.82) is 0 Å². The van der Waals surface area contributed by atoms with Crippen molar-refractivity contribution in [3.63, 3.8) is 0 Å². The Hall–Kier alpha value is -1.60. The van der Waals surface area contributed by atoms with Gasteiger partial charge in [-0.1, -0.05) is 12.1 Å². The summed E-state index contributed by atoms with van der Waals surface area (Å²) in [6.45, 7) is 4.72. The van der Waals surface area contributed by atoms with E-state index in [0.29, 0.717) is 32.0 Å². The van der Waals surface area contributed by atoms with Gasteiger partial charge in [-0.3, -0.25) is 14.5 Å².